The van der Waals surface area contributed by atoms with Crippen molar-refractivity contribution in [1.29, 1.82) is 0 Å². The molecule has 2 aliphatic carbocycles. The Hall–Kier alpha value is -2.08. The average Bonchev–Trinajstić information content (AvgIpc) is 3.22. The minimum atomic E-state index is -4.53. The molecule has 30 heavy (non-hydrogen) atoms. The zero-order valence-corrected chi connectivity index (χ0v) is 17.9. The molecule has 1 aromatic carbocycles. The van der Waals surface area contributed by atoms with Crippen molar-refractivity contribution in [2.24, 2.45) is 11.8 Å². The fourth-order valence-electron chi connectivity index (χ4n) is 4.66. The molecule has 0 aliphatic heterocycles. The third-order valence-corrected chi connectivity index (χ3v) is 7.71. The Bertz CT molecular complexity index is 946. The summed E-state index contributed by atoms with van der Waals surface area (Å²) in [7, 11) is -2.37. The summed E-state index contributed by atoms with van der Waals surface area (Å²) in [5.74, 6) is 1.15. The van der Waals surface area contributed by atoms with Crippen LogP contribution in [0.5, 0.6) is 0 Å². The molecule has 1 aromatic heterocycles. The van der Waals surface area contributed by atoms with Crippen molar-refractivity contribution in [2.45, 2.75) is 44.3 Å². The first-order valence-corrected chi connectivity index (χ1v) is 12.8. The van der Waals surface area contributed by atoms with Crippen LogP contribution in [0.2, 0.25) is 0 Å². The summed E-state index contributed by atoms with van der Waals surface area (Å²) < 4.78 is 52.6. The van der Waals surface area contributed by atoms with Gasteiger partial charge in [-0.25, -0.2) is 4.98 Å². The summed E-state index contributed by atoms with van der Waals surface area (Å²) in [6.07, 6.45) is 1.65. The van der Waals surface area contributed by atoms with Crippen LogP contribution < -0.4 is 15.9 Å². The Morgan fingerprint density at radius 2 is 1.70 bits per heavy atom. The number of benzene rings is 1. The Balaban J connectivity index is 1.54. The van der Waals surface area contributed by atoms with Gasteiger partial charge in [0.2, 0.25) is 5.95 Å². The standard InChI is InChI=1S/C21H26F3N4OP/c1-30(2,29)17-8-6-15(7-9-17)27-20-25-12-18(21(22,23)24)19(28-20)26-16-10-13-4-3-5-14(13)11-16/h6-9,12-14,16H,3-5,10-11H2,1-2H3,(H2,25,26,27,28). The lowest BCUT2D eigenvalue weighted by Crippen LogP contribution is -2.21. The minimum Gasteiger partial charge on any atom is -0.367 e. The summed E-state index contributed by atoms with van der Waals surface area (Å²) in [5.41, 5.74) is -0.230. The van der Waals surface area contributed by atoms with E-state index in [1.165, 1.54) is 19.3 Å². The van der Waals surface area contributed by atoms with Gasteiger partial charge in [0.25, 0.3) is 0 Å². The molecule has 2 aliphatic rings. The van der Waals surface area contributed by atoms with Crippen LogP contribution in [0.1, 0.15) is 37.7 Å². The van der Waals surface area contributed by atoms with Gasteiger partial charge in [0.1, 0.15) is 18.5 Å². The summed E-state index contributed by atoms with van der Waals surface area (Å²) in [5, 5.41) is 6.73. The average molecular weight is 438 g/mol. The molecule has 0 radical (unpaired) electrons. The molecule has 2 N–H and O–H groups in total. The van der Waals surface area contributed by atoms with Gasteiger partial charge in [0.15, 0.2) is 0 Å². The number of nitrogens with one attached hydrogen (secondary N) is 2. The molecular weight excluding hydrogens is 412 g/mol. The SMILES string of the molecule is CP(C)(=O)c1ccc(Nc2ncc(C(F)(F)F)c(NC3CC4CCCC4C3)n2)cc1. The van der Waals surface area contributed by atoms with Gasteiger partial charge in [-0.15, -0.1) is 0 Å². The maximum absolute atomic E-state index is 13.5. The van der Waals surface area contributed by atoms with E-state index in [2.05, 4.69) is 20.6 Å². The molecule has 1 heterocycles. The number of hydrogen-bond acceptors (Lipinski definition) is 5. The molecule has 2 atom stereocenters. The van der Waals surface area contributed by atoms with Crippen LogP contribution in [0.25, 0.3) is 0 Å². The van der Waals surface area contributed by atoms with Crippen LogP contribution in [-0.2, 0) is 10.7 Å². The molecule has 2 unspecified atom stereocenters. The van der Waals surface area contributed by atoms with Gasteiger partial charge in [-0.05, 0) is 62.3 Å². The highest BCUT2D eigenvalue weighted by Gasteiger charge is 2.40. The highest BCUT2D eigenvalue weighted by atomic mass is 31.2. The maximum atomic E-state index is 13.5. The summed E-state index contributed by atoms with van der Waals surface area (Å²) in [4.78, 5) is 8.02. The van der Waals surface area contributed by atoms with E-state index in [1.807, 2.05) is 0 Å². The molecule has 0 saturated heterocycles. The largest absolute Gasteiger partial charge is 0.421 e. The predicted molar refractivity (Wildman–Crippen MR) is 113 cm³/mol. The van der Waals surface area contributed by atoms with Gasteiger partial charge < -0.3 is 15.2 Å². The van der Waals surface area contributed by atoms with E-state index >= 15 is 0 Å². The number of aromatic nitrogens is 2. The first kappa shape index (κ1) is 21.2. The fourth-order valence-corrected chi connectivity index (χ4v) is 5.53. The van der Waals surface area contributed by atoms with Crippen molar-refractivity contribution in [3.8, 4) is 0 Å². The van der Waals surface area contributed by atoms with Gasteiger partial charge in [-0.2, -0.15) is 18.2 Å². The van der Waals surface area contributed by atoms with Crippen molar-refractivity contribution >= 4 is 29.9 Å². The highest BCUT2D eigenvalue weighted by Crippen LogP contribution is 2.45. The Morgan fingerprint density at radius 3 is 2.27 bits per heavy atom. The van der Waals surface area contributed by atoms with E-state index in [0.29, 0.717) is 17.5 Å². The first-order valence-electron chi connectivity index (χ1n) is 10.2. The number of nitrogens with zero attached hydrogens (tertiary/aromatic N) is 2. The quantitative estimate of drug-likeness (QED) is 0.606. The lowest BCUT2D eigenvalue weighted by atomic mass is 10.0. The molecule has 2 saturated carbocycles. The number of rotatable bonds is 5. The van der Waals surface area contributed by atoms with E-state index in [4.69, 9.17) is 0 Å². The number of hydrogen-bond donors (Lipinski definition) is 2. The fraction of sp³-hybridized carbons (Fsp3) is 0.524. The second-order valence-electron chi connectivity index (χ2n) is 8.74. The van der Waals surface area contributed by atoms with Crippen LogP contribution in [0.3, 0.4) is 0 Å². The Labute approximate surface area is 174 Å². The van der Waals surface area contributed by atoms with Gasteiger partial charge in [-0.3, -0.25) is 0 Å². The zero-order chi connectivity index (χ0) is 21.5. The number of halogens is 3. The molecule has 2 fully saturated rings. The highest BCUT2D eigenvalue weighted by molar-refractivity contribution is 7.70. The molecule has 2 aromatic rings. The summed E-state index contributed by atoms with van der Waals surface area (Å²) >= 11 is 0. The molecular formula is C21H26F3N4OP. The number of anilines is 3. The number of fused-ring (bicyclic) bond motifs is 1. The van der Waals surface area contributed by atoms with E-state index in [0.717, 1.165) is 24.3 Å². The Kier molecular flexibility index (Phi) is 5.56. The third-order valence-electron chi connectivity index (χ3n) is 6.17. The molecule has 0 bridgehead atoms. The molecule has 4 rings (SSSR count). The Morgan fingerprint density at radius 1 is 1.07 bits per heavy atom. The van der Waals surface area contributed by atoms with E-state index in [1.54, 1.807) is 37.6 Å². The smallest absolute Gasteiger partial charge is 0.367 e. The third kappa shape index (κ3) is 4.64. The van der Waals surface area contributed by atoms with E-state index in [9.17, 15) is 17.7 Å². The van der Waals surface area contributed by atoms with E-state index in [-0.39, 0.29) is 17.8 Å². The molecule has 162 valence electrons. The van der Waals surface area contributed by atoms with Crippen LogP contribution >= 0.6 is 7.14 Å². The lowest BCUT2D eigenvalue weighted by Gasteiger charge is -2.19. The van der Waals surface area contributed by atoms with Crippen molar-refractivity contribution in [3.05, 3.63) is 36.0 Å². The van der Waals surface area contributed by atoms with Crippen molar-refractivity contribution in [1.82, 2.24) is 9.97 Å². The maximum Gasteiger partial charge on any atom is 0.421 e. The van der Waals surface area contributed by atoms with Crippen molar-refractivity contribution in [2.75, 3.05) is 24.0 Å². The van der Waals surface area contributed by atoms with Crippen LogP contribution in [0.4, 0.5) is 30.6 Å². The molecule has 0 spiro atoms. The van der Waals surface area contributed by atoms with Gasteiger partial charge in [0.05, 0.1) is 0 Å². The van der Waals surface area contributed by atoms with Crippen LogP contribution in [-0.4, -0.2) is 29.3 Å². The zero-order valence-electron chi connectivity index (χ0n) is 17.0. The second kappa shape index (κ2) is 7.88. The normalized spacial score (nSPS) is 24.0. The topological polar surface area (TPSA) is 66.9 Å². The van der Waals surface area contributed by atoms with Crippen molar-refractivity contribution in [3.63, 3.8) is 0 Å². The first-order chi connectivity index (χ1) is 14.1. The molecule has 9 heteroatoms. The summed E-state index contributed by atoms with van der Waals surface area (Å²) in [6, 6.07) is 6.93. The van der Waals surface area contributed by atoms with Crippen LogP contribution in [0.15, 0.2) is 30.5 Å². The summed E-state index contributed by atoms with van der Waals surface area (Å²) in [6.45, 7) is 3.37. The predicted octanol–water partition coefficient (Wildman–Crippen LogP) is 5.48. The van der Waals surface area contributed by atoms with Gasteiger partial charge >= 0.3 is 6.18 Å². The van der Waals surface area contributed by atoms with Gasteiger partial charge in [0, 0.05) is 23.2 Å². The monoisotopic (exact) mass is 438 g/mol. The minimum absolute atomic E-state index is 0.00619. The second-order valence-corrected chi connectivity index (χ2v) is 12.0. The lowest BCUT2D eigenvalue weighted by molar-refractivity contribution is -0.137. The van der Waals surface area contributed by atoms with Gasteiger partial charge in [-0.1, -0.05) is 19.3 Å². The van der Waals surface area contributed by atoms with E-state index < -0.39 is 18.9 Å². The molecule has 0 amide bonds. The molecule has 5 nitrogen and oxygen atoms in total. The van der Waals surface area contributed by atoms with Crippen LogP contribution in [0, 0.1) is 11.8 Å². The number of alkyl halides is 3. The van der Waals surface area contributed by atoms with Crippen molar-refractivity contribution < 1.29 is 17.7 Å².